The van der Waals surface area contributed by atoms with Crippen molar-refractivity contribution in [3.63, 3.8) is 0 Å². The highest BCUT2D eigenvalue weighted by atomic mass is 35.5. The summed E-state index contributed by atoms with van der Waals surface area (Å²) in [4.78, 5) is 38.2. The van der Waals surface area contributed by atoms with Gasteiger partial charge in [0.1, 0.15) is 5.02 Å². The zero-order valence-corrected chi connectivity index (χ0v) is 17.7. The molecule has 0 spiro atoms. The van der Waals surface area contributed by atoms with Crippen molar-refractivity contribution in [3.05, 3.63) is 62.7 Å². The van der Waals surface area contributed by atoms with Gasteiger partial charge in [0, 0.05) is 42.1 Å². The van der Waals surface area contributed by atoms with E-state index < -0.39 is 10.8 Å². The zero-order valence-electron chi connectivity index (χ0n) is 16.9. The number of piperidine rings is 1. The maximum absolute atomic E-state index is 12.9. The van der Waals surface area contributed by atoms with Crippen LogP contribution in [-0.4, -0.2) is 35.9 Å². The van der Waals surface area contributed by atoms with Gasteiger partial charge in [0.2, 0.25) is 0 Å². The number of rotatable bonds is 6. The van der Waals surface area contributed by atoms with Gasteiger partial charge in [0.25, 0.3) is 17.5 Å². The van der Waals surface area contributed by atoms with Crippen molar-refractivity contribution in [1.82, 2.24) is 5.32 Å². The smallest absolute Gasteiger partial charge is 0.288 e. The lowest BCUT2D eigenvalue weighted by Gasteiger charge is -2.30. The first-order chi connectivity index (χ1) is 14.9. The van der Waals surface area contributed by atoms with Crippen molar-refractivity contribution in [1.29, 1.82) is 0 Å². The van der Waals surface area contributed by atoms with Crippen LogP contribution in [0.3, 0.4) is 0 Å². The molecule has 0 bridgehead atoms. The van der Waals surface area contributed by atoms with Gasteiger partial charge in [-0.3, -0.25) is 19.7 Å². The lowest BCUT2D eigenvalue weighted by atomic mass is 10.1. The van der Waals surface area contributed by atoms with E-state index in [9.17, 15) is 19.7 Å². The van der Waals surface area contributed by atoms with E-state index in [0.717, 1.165) is 50.5 Å². The van der Waals surface area contributed by atoms with Gasteiger partial charge >= 0.3 is 0 Å². The Kier molecular flexibility index (Phi) is 6.08. The third-order valence-corrected chi connectivity index (χ3v) is 5.83. The van der Waals surface area contributed by atoms with E-state index in [2.05, 4.69) is 15.5 Å². The van der Waals surface area contributed by atoms with Gasteiger partial charge in [0.05, 0.1) is 10.5 Å². The molecule has 2 aromatic rings. The van der Waals surface area contributed by atoms with E-state index in [1.807, 2.05) is 6.07 Å². The molecule has 2 fully saturated rings. The Morgan fingerprint density at radius 1 is 1.03 bits per heavy atom. The molecule has 0 unspecified atom stereocenters. The van der Waals surface area contributed by atoms with Gasteiger partial charge in [-0.2, -0.15) is 0 Å². The molecule has 2 amide bonds. The highest BCUT2D eigenvalue weighted by molar-refractivity contribution is 6.32. The predicted octanol–water partition coefficient (Wildman–Crippen LogP) is 4.38. The number of carbonyl (C=O) groups is 2. The molecule has 8 nitrogen and oxygen atoms in total. The summed E-state index contributed by atoms with van der Waals surface area (Å²) in [6.07, 6.45) is 5.31. The third kappa shape index (κ3) is 4.96. The fourth-order valence-electron chi connectivity index (χ4n) is 3.69. The van der Waals surface area contributed by atoms with Crippen molar-refractivity contribution in [2.45, 2.75) is 38.1 Å². The molecule has 162 valence electrons. The first-order valence-electron chi connectivity index (χ1n) is 10.4. The van der Waals surface area contributed by atoms with Gasteiger partial charge in [-0.1, -0.05) is 11.6 Å². The molecule has 1 saturated carbocycles. The number of nitrogens with zero attached hydrogens (tertiary/aromatic N) is 2. The number of hydrogen-bond donors (Lipinski definition) is 2. The van der Waals surface area contributed by atoms with E-state index >= 15 is 0 Å². The number of nitrogens with one attached hydrogen (secondary N) is 2. The number of nitro groups is 1. The van der Waals surface area contributed by atoms with Crippen LogP contribution >= 0.6 is 11.6 Å². The topological polar surface area (TPSA) is 105 Å². The molecule has 2 aromatic carbocycles. The quantitative estimate of drug-likeness (QED) is 0.510. The first kappa shape index (κ1) is 21.1. The standard InChI is InChI=1S/C22H23ClN4O4/c23-18-8-4-14(12-20(18)27(30)31)21(28)25-16-7-9-19(26-10-2-1-3-11-26)17(13-16)22(29)24-15-5-6-15/h4,7-9,12-13,15H,1-3,5-6,10-11H2,(H,24,29)(H,25,28). The Morgan fingerprint density at radius 2 is 1.77 bits per heavy atom. The fourth-order valence-corrected chi connectivity index (χ4v) is 3.88. The summed E-state index contributed by atoms with van der Waals surface area (Å²) in [5.74, 6) is -0.666. The van der Waals surface area contributed by atoms with Crippen molar-refractivity contribution >= 4 is 40.5 Å². The molecule has 0 aromatic heterocycles. The van der Waals surface area contributed by atoms with Gasteiger partial charge in [0.15, 0.2) is 0 Å². The monoisotopic (exact) mass is 442 g/mol. The summed E-state index contributed by atoms with van der Waals surface area (Å²) in [5, 5.41) is 16.8. The Balaban J connectivity index is 1.59. The average molecular weight is 443 g/mol. The fraction of sp³-hybridized carbons (Fsp3) is 0.364. The van der Waals surface area contributed by atoms with E-state index in [0.29, 0.717) is 11.3 Å². The Morgan fingerprint density at radius 3 is 2.45 bits per heavy atom. The maximum atomic E-state index is 12.9. The number of carbonyl (C=O) groups excluding carboxylic acids is 2. The van der Waals surface area contributed by atoms with Crippen LogP contribution in [0.1, 0.15) is 52.8 Å². The summed E-state index contributed by atoms with van der Waals surface area (Å²) < 4.78 is 0. The predicted molar refractivity (Wildman–Crippen MR) is 119 cm³/mol. The van der Waals surface area contributed by atoms with E-state index in [-0.39, 0.29) is 28.2 Å². The van der Waals surface area contributed by atoms with Crippen LogP contribution in [0.15, 0.2) is 36.4 Å². The second-order valence-corrected chi connectivity index (χ2v) is 8.31. The van der Waals surface area contributed by atoms with Gasteiger partial charge in [-0.05, 0) is 62.4 Å². The van der Waals surface area contributed by atoms with Gasteiger partial charge in [-0.15, -0.1) is 0 Å². The minimum Gasteiger partial charge on any atom is -0.371 e. The van der Waals surface area contributed by atoms with Crippen LogP contribution in [0.25, 0.3) is 0 Å². The summed E-state index contributed by atoms with van der Waals surface area (Å²) in [7, 11) is 0. The van der Waals surface area contributed by atoms with Crippen LogP contribution in [0, 0.1) is 10.1 Å². The van der Waals surface area contributed by atoms with Crippen molar-refractivity contribution in [2.75, 3.05) is 23.3 Å². The maximum Gasteiger partial charge on any atom is 0.288 e. The summed E-state index contributed by atoms with van der Waals surface area (Å²) in [6, 6.07) is 9.38. The molecule has 1 aliphatic heterocycles. The highest BCUT2D eigenvalue weighted by Crippen LogP contribution is 2.30. The minimum atomic E-state index is -0.632. The Bertz CT molecular complexity index is 1030. The lowest BCUT2D eigenvalue weighted by molar-refractivity contribution is -0.384. The zero-order chi connectivity index (χ0) is 22.0. The van der Waals surface area contributed by atoms with E-state index in [1.54, 1.807) is 12.1 Å². The van der Waals surface area contributed by atoms with Crippen molar-refractivity contribution in [2.24, 2.45) is 0 Å². The van der Waals surface area contributed by atoms with Crippen LogP contribution in [0.2, 0.25) is 5.02 Å². The summed E-state index contributed by atoms with van der Waals surface area (Å²) in [5.41, 5.74) is 1.61. The second-order valence-electron chi connectivity index (χ2n) is 7.90. The molecule has 0 atom stereocenters. The van der Waals surface area contributed by atoms with Crippen molar-refractivity contribution in [3.8, 4) is 0 Å². The minimum absolute atomic E-state index is 0.0357. The first-order valence-corrected chi connectivity index (χ1v) is 10.8. The molecule has 31 heavy (non-hydrogen) atoms. The van der Waals surface area contributed by atoms with Crippen LogP contribution in [0.5, 0.6) is 0 Å². The molecule has 1 saturated heterocycles. The summed E-state index contributed by atoms with van der Waals surface area (Å²) >= 11 is 5.83. The molecule has 0 radical (unpaired) electrons. The molecular formula is C22H23ClN4O4. The summed E-state index contributed by atoms with van der Waals surface area (Å²) in [6.45, 7) is 1.79. The number of anilines is 2. The number of amides is 2. The van der Waals surface area contributed by atoms with Crippen LogP contribution in [-0.2, 0) is 0 Å². The number of nitro benzene ring substituents is 1. The number of halogens is 1. The molecular weight excluding hydrogens is 420 g/mol. The molecule has 2 aliphatic rings. The second kappa shape index (κ2) is 8.93. The average Bonchev–Trinajstić information content (AvgIpc) is 3.58. The van der Waals surface area contributed by atoms with E-state index in [4.69, 9.17) is 11.6 Å². The normalized spacial score (nSPS) is 16.0. The van der Waals surface area contributed by atoms with E-state index in [1.165, 1.54) is 18.6 Å². The lowest BCUT2D eigenvalue weighted by Crippen LogP contribution is -2.33. The molecule has 1 aliphatic carbocycles. The molecule has 1 heterocycles. The number of benzene rings is 2. The van der Waals surface area contributed by atoms with Gasteiger partial charge in [-0.25, -0.2) is 0 Å². The largest absolute Gasteiger partial charge is 0.371 e. The highest BCUT2D eigenvalue weighted by Gasteiger charge is 2.27. The SMILES string of the molecule is O=C(Nc1ccc(N2CCCCC2)c(C(=O)NC2CC2)c1)c1ccc(Cl)c([N+](=O)[O-])c1. The van der Waals surface area contributed by atoms with Crippen LogP contribution < -0.4 is 15.5 Å². The third-order valence-electron chi connectivity index (χ3n) is 5.51. The van der Waals surface area contributed by atoms with Crippen molar-refractivity contribution < 1.29 is 14.5 Å². The molecule has 9 heteroatoms. The number of hydrogen-bond acceptors (Lipinski definition) is 5. The Hall–Kier alpha value is -3.13. The molecule has 4 rings (SSSR count). The Labute approximate surface area is 184 Å². The van der Waals surface area contributed by atoms with Crippen LogP contribution in [0.4, 0.5) is 17.1 Å². The van der Waals surface area contributed by atoms with Gasteiger partial charge < -0.3 is 15.5 Å². The molecule has 2 N–H and O–H groups in total.